The number of aliphatic hydroxyl groups is 1. The fourth-order valence-electron chi connectivity index (χ4n) is 1.89. The average molecular weight is 457 g/mol. The highest BCUT2D eigenvalue weighted by atomic mass is 79.9. The van der Waals surface area contributed by atoms with E-state index in [1.165, 1.54) is 0 Å². The maximum atomic E-state index is 11.8. The quantitative estimate of drug-likeness (QED) is 0.585. The van der Waals surface area contributed by atoms with Crippen LogP contribution in [-0.2, 0) is 22.7 Å². The molecule has 1 N–H and O–H groups in total. The van der Waals surface area contributed by atoms with E-state index in [4.69, 9.17) is 13.6 Å². The van der Waals surface area contributed by atoms with E-state index in [1.807, 2.05) is 0 Å². The van der Waals surface area contributed by atoms with E-state index in [0.717, 1.165) is 0 Å². The van der Waals surface area contributed by atoms with Crippen molar-refractivity contribution in [3.63, 3.8) is 0 Å². The molecule has 1 aliphatic heterocycles. The summed E-state index contributed by atoms with van der Waals surface area (Å²) in [6, 6.07) is 0. The van der Waals surface area contributed by atoms with Crippen molar-refractivity contribution in [3.8, 4) is 0 Å². The first-order valence-electron chi connectivity index (χ1n) is 6.09. The van der Waals surface area contributed by atoms with Gasteiger partial charge in [0.25, 0.3) is 0 Å². The van der Waals surface area contributed by atoms with Gasteiger partial charge in [-0.15, -0.1) is 4.52 Å². The highest BCUT2D eigenvalue weighted by molar-refractivity contribution is 9.39. The summed E-state index contributed by atoms with van der Waals surface area (Å²) in [5.74, 6) is 0. The summed E-state index contributed by atoms with van der Waals surface area (Å²) >= 11 is 5.77. The third kappa shape index (κ3) is 4.82. The molecule has 6 atom stereocenters. The standard InChI is InChI=1S/C10H19Br2O6P2/c1-7(13)9(3,17-19(11)14)5-6-10(4)8(2)16-20(12,15)18-10/h7-8,13H,5-6H2,1-4H3/q+1. The van der Waals surface area contributed by atoms with Crippen molar-refractivity contribution >= 4 is 44.0 Å². The molecule has 1 heterocycles. The van der Waals surface area contributed by atoms with Crippen LogP contribution in [0.15, 0.2) is 0 Å². The lowest BCUT2D eigenvalue weighted by atomic mass is 9.86. The predicted octanol–water partition coefficient (Wildman–Crippen LogP) is 4.67. The molecule has 1 aliphatic rings. The third-order valence-corrected chi connectivity index (χ3v) is 6.88. The number of hydrogen-bond acceptors (Lipinski definition) is 6. The van der Waals surface area contributed by atoms with Gasteiger partial charge in [0.05, 0.1) is 12.2 Å². The summed E-state index contributed by atoms with van der Waals surface area (Å²) < 4.78 is 39.0. The lowest BCUT2D eigenvalue weighted by molar-refractivity contribution is -0.0481. The van der Waals surface area contributed by atoms with Gasteiger partial charge in [-0.2, -0.15) is 0 Å². The largest absolute Gasteiger partial charge is 0.591 e. The van der Waals surface area contributed by atoms with Gasteiger partial charge < -0.3 is 5.11 Å². The minimum absolute atomic E-state index is 0.370. The molecule has 1 rings (SSSR count). The van der Waals surface area contributed by atoms with Crippen LogP contribution in [0.1, 0.15) is 40.5 Å². The van der Waals surface area contributed by atoms with Crippen LogP contribution in [0, 0.1) is 0 Å². The molecule has 10 heteroatoms. The van der Waals surface area contributed by atoms with Crippen LogP contribution < -0.4 is 0 Å². The minimum Gasteiger partial charge on any atom is -0.390 e. The lowest BCUT2D eigenvalue weighted by Crippen LogP contribution is -2.42. The number of rotatable bonds is 6. The monoisotopic (exact) mass is 455 g/mol. The molecule has 0 aromatic heterocycles. The van der Waals surface area contributed by atoms with Crippen LogP contribution in [0.4, 0.5) is 0 Å². The Labute approximate surface area is 135 Å². The lowest BCUT2D eigenvalue weighted by Gasteiger charge is -2.31. The molecule has 6 unspecified atom stereocenters. The van der Waals surface area contributed by atoms with Crippen LogP contribution in [0.2, 0.25) is 0 Å². The first kappa shape index (κ1) is 19.2. The zero-order chi connectivity index (χ0) is 15.8. The van der Waals surface area contributed by atoms with Gasteiger partial charge in [-0.25, -0.2) is 4.57 Å². The van der Waals surface area contributed by atoms with E-state index >= 15 is 0 Å². The highest BCUT2D eigenvalue weighted by Crippen LogP contribution is 2.66. The van der Waals surface area contributed by atoms with E-state index < -0.39 is 30.3 Å². The zero-order valence-corrected chi connectivity index (χ0v) is 16.7. The predicted molar refractivity (Wildman–Crippen MR) is 83.5 cm³/mol. The fourth-order valence-corrected chi connectivity index (χ4v) is 6.58. The Morgan fingerprint density at radius 3 is 2.55 bits per heavy atom. The molecule has 0 radical (unpaired) electrons. The molecule has 1 fully saturated rings. The first-order chi connectivity index (χ1) is 8.90. The van der Waals surface area contributed by atoms with Crippen LogP contribution in [0.25, 0.3) is 0 Å². The molecular formula is C10H19Br2O6P2+. The molecule has 0 aliphatic carbocycles. The zero-order valence-electron chi connectivity index (χ0n) is 11.7. The van der Waals surface area contributed by atoms with Gasteiger partial charge in [0, 0.05) is 15.5 Å². The molecule has 0 saturated carbocycles. The summed E-state index contributed by atoms with van der Waals surface area (Å²) in [5, 5.41) is 9.84. The van der Waals surface area contributed by atoms with Crippen LogP contribution in [0.3, 0.4) is 0 Å². The van der Waals surface area contributed by atoms with Crippen molar-refractivity contribution in [2.24, 2.45) is 0 Å². The second kappa shape index (κ2) is 6.71. The van der Waals surface area contributed by atoms with Crippen molar-refractivity contribution in [3.05, 3.63) is 0 Å². The molecule has 0 spiro atoms. The minimum atomic E-state index is -3.21. The summed E-state index contributed by atoms with van der Waals surface area (Å²) in [4.78, 5) is 0. The van der Waals surface area contributed by atoms with E-state index in [2.05, 4.69) is 31.0 Å². The van der Waals surface area contributed by atoms with E-state index in [0.29, 0.717) is 12.8 Å². The smallest absolute Gasteiger partial charge is 0.390 e. The summed E-state index contributed by atoms with van der Waals surface area (Å²) in [6.45, 7) is 4.77. The van der Waals surface area contributed by atoms with Crippen molar-refractivity contribution in [2.75, 3.05) is 0 Å². The number of hydrogen-bond donors (Lipinski definition) is 1. The van der Waals surface area contributed by atoms with Gasteiger partial charge in [0.1, 0.15) is 11.2 Å². The normalized spacial score (nSPS) is 39.4. The van der Waals surface area contributed by atoms with E-state index in [-0.39, 0.29) is 6.10 Å². The Morgan fingerprint density at radius 2 is 2.20 bits per heavy atom. The third-order valence-electron chi connectivity index (χ3n) is 3.74. The van der Waals surface area contributed by atoms with Crippen LogP contribution in [0.5, 0.6) is 0 Å². The van der Waals surface area contributed by atoms with Gasteiger partial charge in [-0.1, -0.05) is 0 Å². The molecule has 6 nitrogen and oxygen atoms in total. The van der Waals surface area contributed by atoms with Crippen molar-refractivity contribution in [1.82, 2.24) is 0 Å². The van der Waals surface area contributed by atoms with Crippen molar-refractivity contribution in [1.29, 1.82) is 0 Å². The molecule has 0 aromatic carbocycles. The topological polar surface area (TPSA) is 82.1 Å². The van der Waals surface area contributed by atoms with Gasteiger partial charge in [-0.05, 0) is 45.1 Å². The highest BCUT2D eigenvalue weighted by Gasteiger charge is 2.51. The second-order valence-corrected chi connectivity index (χ2v) is 11.6. The maximum Gasteiger partial charge on any atom is 0.591 e. The van der Waals surface area contributed by atoms with Crippen LogP contribution >= 0.6 is 44.0 Å². The molecular weight excluding hydrogens is 438 g/mol. The summed E-state index contributed by atoms with van der Waals surface area (Å²) in [6.07, 6.45) is -3.61. The molecule has 20 heavy (non-hydrogen) atoms. The maximum absolute atomic E-state index is 11.8. The van der Waals surface area contributed by atoms with Gasteiger partial charge in [-0.3, -0.25) is 9.05 Å². The molecule has 1 saturated heterocycles. The van der Waals surface area contributed by atoms with E-state index in [1.54, 1.807) is 27.7 Å². The SMILES string of the molecule is CC(O)C(C)(CCC1(C)OP(=O)(Br)OC1C)O[P+](=O)Br. The number of aliphatic hydroxyl groups excluding tert-OH is 1. The molecule has 0 aromatic rings. The van der Waals surface area contributed by atoms with Crippen molar-refractivity contribution in [2.45, 2.75) is 63.9 Å². The molecule has 118 valence electrons. The summed E-state index contributed by atoms with van der Waals surface area (Å²) in [7, 11) is 0. The Hall–Kier alpha value is 1.13. The number of halogens is 2. The second-order valence-electron chi connectivity index (χ2n) is 5.37. The Bertz CT molecular complexity index is 430. The Morgan fingerprint density at radius 1 is 1.65 bits per heavy atom. The van der Waals surface area contributed by atoms with Crippen LogP contribution in [-0.4, -0.2) is 28.5 Å². The summed E-state index contributed by atoms with van der Waals surface area (Å²) in [5.41, 5.74) is -1.77. The first-order valence-corrected chi connectivity index (χ1v) is 12.8. The molecule has 0 amide bonds. The Kier molecular flexibility index (Phi) is 6.44. The van der Waals surface area contributed by atoms with Gasteiger partial charge in [0.15, 0.2) is 0 Å². The van der Waals surface area contributed by atoms with Crippen molar-refractivity contribution < 1.29 is 27.8 Å². The average Bonchev–Trinajstić information content (AvgIpc) is 2.44. The fraction of sp³-hybridized carbons (Fsp3) is 1.00. The van der Waals surface area contributed by atoms with E-state index in [9.17, 15) is 14.2 Å². The Balaban J connectivity index is 2.78. The van der Waals surface area contributed by atoms with Gasteiger partial charge in [0.2, 0.25) is 0 Å². The molecule has 0 bridgehead atoms. The van der Waals surface area contributed by atoms with Gasteiger partial charge >= 0.3 is 28.5 Å².